The van der Waals surface area contributed by atoms with Crippen LogP contribution in [0.3, 0.4) is 0 Å². The third-order valence-electron chi connectivity index (χ3n) is 3.79. The fourth-order valence-electron chi connectivity index (χ4n) is 2.56. The lowest BCUT2D eigenvalue weighted by atomic mass is 9.94. The van der Waals surface area contributed by atoms with Crippen LogP contribution in [0.5, 0.6) is 5.75 Å². The average molecular weight is 397 g/mol. The van der Waals surface area contributed by atoms with Crippen LogP contribution in [-0.2, 0) is 22.3 Å². The fraction of sp³-hybridized carbons (Fsp3) is 0.316. The number of alkyl halides is 3. The van der Waals surface area contributed by atoms with Crippen molar-refractivity contribution in [3.8, 4) is 16.9 Å². The highest BCUT2D eigenvalue weighted by atomic mass is 19.4. The number of nitro groups is 1. The third-order valence-corrected chi connectivity index (χ3v) is 3.79. The lowest BCUT2D eigenvalue weighted by Crippen LogP contribution is -2.09. The van der Waals surface area contributed by atoms with E-state index in [4.69, 9.17) is 9.47 Å². The van der Waals surface area contributed by atoms with E-state index in [1.54, 1.807) is 0 Å². The van der Waals surface area contributed by atoms with Gasteiger partial charge in [0.15, 0.2) is 0 Å². The Morgan fingerprint density at radius 1 is 1.14 bits per heavy atom. The molecule has 0 heterocycles. The molecule has 2 aromatic rings. The lowest BCUT2D eigenvalue weighted by Gasteiger charge is -2.17. The Morgan fingerprint density at radius 2 is 1.82 bits per heavy atom. The maximum absolute atomic E-state index is 13.6. The first-order valence-electron chi connectivity index (χ1n) is 8.38. The number of esters is 1. The standard InChI is InChI=1S/C19H18F3NO5/c1-3-8-27-15-5-7-17(18(10-15)19(20,21)22)16-6-4-14(23(25)26)9-13(16)11-28-12(2)24/h4-7,9-10H,3,8,11H2,1-2H3. The molecule has 0 saturated carbocycles. The Balaban J connectivity index is 2.61. The van der Waals surface area contributed by atoms with Crippen molar-refractivity contribution >= 4 is 11.7 Å². The van der Waals surface area contributed by atoms with Crippen molar-refractivity contribution in [2.45, 2.75) is 33.1 Å². The minimum absolute atomic E-state index is 0.0707. The molecule has 0 radical (unpaired) electrons. The van der Waals surface area contributed by atoms with Crippen molar-refractivity contribution in [3.63, 3.8) is 0 Å². The number of carbonyl (C=O) groups is 1. The predicted molar refractivity (Wildman–Crippen MR) is 94.8 cm³/mol. The number of nitro benzene ring substituents is 1. The first-order valence-corrected chi connectivity index (χ1v) is 8.38. The Bertz CT molecular complexity index is 880. The van der Waals surface area contributed by atoms with Gasteiger partial charge in [-0.25, -0.2) is 0 Å². The maximum atomic E-state index is 13.6. The minimum Gasteiger partial charge on any atom is -0.494 e. The SMILES string of the molecule is CCCOc1ccc(-c2ccc([N+](=O)[O-])cc2COC(C)=O)c(C(F)(F)F)c1. The number of carbonyl (C=O) groups excluding carboxylic acids is 1. The second-order valence-electron chi connectivity index (χ2n) is 5.93. The van der Waals surface area contributed by atoms with E-state index in [1.807, 2.05) is 6.92 Å². The van der Waals surface area contributed by atoms with Crippen molar-refractivity contribution in [2.24, 2.45) is 0 Å². The maximum Gasteiger partial charge on any atom is 0.417 e. The molecule has 150 valence electrons. The van der Waals surface area contributed by atoms with E-state index >= 15 is 0 Å². The number of halogens is 3. The highest BCUT2D eigenvalue weighted by molar-refractivity contribution is 5.74. The van der Waals surface area contributed by atoms with E-state index in [9.17, 15) is 28.1 Å². The van der Waals surface area contributed by atoms with Gasteiger partial charge in [-0.3, -0.25) is 14.9 Å². The summed E-state index contributed by atoms with van der Waals surface area (Å²) in [5, 5.41) is 11.0. The molecule has 0 N–H and O–H groups in total. The summed E-state index contributed by atoms with van der Waals surface area (Å²) in [6.07, 6.45) is -4.04. The fourth-order valence-corrected chi connectivity index (χ4v) is 2.56. The molecule has 0 fully saturated rings. The van der Waals surface area contributed by atoms with E-state index in [2.05, 4.69) is 0 Å². The van der Waals surface area contributed by atoms with Crippen LogP contribution in [0.25, 0.3) is 11.1 Å². The van der Waals surface area contributed by atoms with Gasteiger partial charge in [-0.1, -0.05) is 13.0 Å². The summed E-state index contributed by atoms with van der Waals surface area (Å²) >= 11 is 0. The molecule has 0 unspecified atom stereocenters. The van der Waals surface area contributed by atoms with Gasteiger partial charge in [0, 0.05) is 24.6 Å². The lowest BCUT2D eigenvalue weighted by molar-refractivity contribution is -0.384. The Kier molecular flexibility index (Phi) is 6.61. The molecule has 0 bridgehead atoms. The van der Waals surface area contributed by atoms with Crippen LogP contribution >= 0.6 is 0 Å². The monoisotopic (exact) mass is 397 g/mol. The number of hydrogen-bond acceptors (Lipinski definition) is 5. The van der Waals surface area contributed by atoms with Gasteiger partial charge in [-0.2, -0.15) is 13.2 Å². The van der Waals surface area contributed by atoms with Crippen molar-refractivity contribution in [1.29, 1.82) is 0 Å². The molecule has 0 spiro atoms. The highest BCUT2D eigenvalue weighted by Gasteiger charge is 2.35. The largest absolute Gasteiger partial charge is 0.494 e. The molecule has 6 nitrogen and oxygen atoms in total. The van der Waals surface area contributed by atoms with Gasteiger partial charge in [0.05, 0.1) is 17.1 Å². The minimum atomic E-state index is -4.68. The number of rotatable bonds is 7. The molecule has 0 aliphatic carbocycles. The van der Waals surface area contributed by atoms with Crippen molar-refractivity contribution in [2.75, 3.05) is 6.61 Å². The summed E-state index contributed by atoms with van der Waals surface area (Å²) in [6.45, 7) is 2.85. The van der Waals surface area contributed by atoms with Crippen LogP contribution in [0.4, 0.5) is 18.9 Å². The van der Waals surface area contributed by atoms with Crippen LogP contribution in [0.1, 0.15) is 31.4 Å². The Hall–Kier alpha value is -3.10. The zero-order valence-electron chi connectivity index (χ0n) is 15.2. The molecule has 0 saturated heterocycles. The molecule has 28 heavy (non-hydrogen) atoms. The van der Waals surface area contributed by atoms with Gasteiger partial charge in [0.2, 0.25) is 0 Å². The molecular formula is C19H18F3NO5. The van der Waals surface area contributed by atoms with Crippen LogP contribution < -0.4 is 4.74 Å². The molecule has 0 aromatic heterocycles. The van der Waals surface area contributed by atoms with Crippen molar-refractivity contribution < 1.29 is 32.4 Å². The first kappa shape index (κ1) is 21.2. The van der Waals surface area contributed by atoms with Gasteiger partial charge in [-0.05, 0) is 35.7 Å². The topological polar surface area (TPSA) is 78.7 Å². The molecular weight excluding hydrogens is 379 g/mol. The van der Waals surface area contributed by atoms with E-state index in [0.29, 0.717) is 6.42 Å². The molecule has 2 aromatic carbocycles. The molecule has 0 aliphatic heterocycles. The summed E-state index contributed by atoms with van der Waals surface area (Å²) in [5.41, 5.74) is -1.27. The zero-order chi connectivity index (χ0) is 20.9. The number of ether oxygens (including phenoxy) is 2. The van der Waals surface area contributed by atoms with E-state index in [1.165, 1.54) is 18.2 Å². The predicted octanol–water partition coefficient (Wildman–Crippen LogP) is 5.13. The number of non-ortho nitro benzene ring substituents is 1. The van der Waals surface area contributed by atoms with Gasteiger partial charge in [0.25, 0.3) is 5.69 Å². The van der Waals surface area contributed by atoms with Gasteiger partial charge in [0.1, 0.15) is 12.4 Å². The summed E-state index contributed by atoms with van der Waals surface area (Å²) < 4.78 is 51.1. The smallest absolute Gasteiger partial charge is 0.417 e. The second kappa shape index (κ2) is 8.73. The average Bonchev–Trinajstić information content (AvgIpc) is 2.63. The van der Waals surface area contributed by atoms with Gasteiger partial charge >= 0.3 is 12.1 Å². The van der Waals surface area contributed by atoms with Gasteiger partial charge < -0.3 is 9.47 Å². The summed E-state index contributed by atoms with van der Waals surface area (Å²) in [7, 11) is 0. The van der Waals surface area contributed by atoms with Crippen LogP contribution in [-0.4, -0.2) is 17.5 Å². The molecule has 9 heteroatoms. The normalized spacial score (nSPS) is 11.2. The number of nitrogens with zero attached hydrogens (tertiary/aromatic N) is 1. The van der Waals surface area contributed by atoms with Crippen molar-refractivity contribution in [3.05, 3.63) is 57.6 Å². The summed E-state index contributed by atoms with van der Waals surface area (Å²) in [6, 6.07) is 6.95. The van der Waals surface area contributed by atoms with E-state index in [-0.39, 0.29) is 34.7 Å². The van der Waals surface area contributed by atoms with Crippen LogP contribution in [0, 0.1) is 10.1 Å². The molecule has 0 aliphatic rings. The molecule has 0 amide bonds. The van der Waals surface area contributed by atoms with Crippen LogP contribution in [0.2, 0.25) is 0 Å². The quantitative estimate of drug-likeness (QED) is 0.368. The highest BCUT2D eigenvalue weighted by Crippen LogP contribution is 2.41. The van der Waals surface area contributed by atoms with E-state index < -0.39 is 29.2 Å². The Labute approximate surface area is 159 Å². The Morgan fingerprint density at radius 3 is 2.39 bits per heavy atom. The first-order chi connectivity index (χ1) is 13.1. The molecule has 0 atom stereocenters. The van der Waals surface area contributed by atoms with Crippen LogP contribution in [0.15, 0.2) is 36.4 Å². The number of hydrogen-bond donors (Lipinski definition) is 0. The molecule has 2 rings (SSSR count). The number of benzene rings is 2. The zero-order valence-corrected chi connectivity index (χ0v) is 15.2. The van der Waals surface area contributed by atoms with Crippen molar-refractivity contribution in [1.82, 2.24) is 0 Å². The summed E-state index contributed by atoms with van der Waals surface area (Å²) in [4.78, 5) is 21.4. The summed E-state index contributed by atoms with van der Waals surface area (Å²) in [5.74, 6) is -0.585. The van der Waals surface area contributed by atoms with E-state index in [0.717, 1.165) is 25.1 Å². The third kappa shape index (κ3) is 5.21. The van der Waals surface area contributed by atoms with Gasteiger partial charge in [-0.15, -0.1) is 0 Å². The second-order valence-corrected chi connectivity index (χ2v) is 5.93.